The Morgan fingerprint density at radius 1 is 1.42 bits per heavy atom. The van der Waals surface area contributed by atoms with Gasteiger partial charge in [0.15, 0.2) is 0 Å². The quantitative estimate of drug-likeness (QED) is 0.826. The van der Waals surface area contributed by atoms with Gasteiger partial charge in [-0.2, -0.15) is 0 Å². The minimum atomic E-state index is -0.435. The first kappa shape index (κ1) is 13.3. The number of thiophene rings is 1. The maximum absolute atomic E-state index is 13.4. The molecule has 0 saturated carbocycles. The Morgan fingerprint density at radius 3 is 2.95 bits per heavy atom. The Kier molecular flexibility index (Phi) is 4.29. The molecule has 0 radical (unpaired) electrons. The van der Waals surface area contributed by atoms with E-state index in [1.165, 1.54) is 29.5 Å². The van der Waals surface area contributed by atoms with Gasteiger partial charge in [-0.3, -0.25) is 4.79 Å². The summed E-state index contributed by atoms with van der Waals surface area (Å²) in [6.45, 7) is 0.158. The van der Waals surface area contributed by atoms with Crippen molar-refractivity contribution in [2.24, 2.45) is 5.73 Å². The monoisotopic (exact) mass is 274 g/mol. The van der Waals surface area contributed by atoms with Crippen LogP contribution in [0.15, 0.2) is 35.7 Å². The van der Waals surface area contributed by atoms with Gasteiger partial charge in [-0.05, 0) is 29.6 Å². The second kappa shape index (κ2) is 6.14. The van der Waals surface area contributed by atoms with Crippen molar-refractivity contribution < 1.29 is 9.18 Å². The second-order valence-corrected chi connectivity index (χ2v) is 4.58. The van der Waals surface area contributed by atoms with Gasteiger partial charge >= 0.3 is 0 Å². The fourth-order valence-electron chi connectivity index (χ4n) is 1.45. The first-order chi connectivity index (χ1) is 9.20. The lowest BCUT2D eigenvalue weighted by molar-refractivity contribution is 0.103. The Hall–Kier alpha value is -2.16. The van der Waals surface area contributed by atoms with Gasteiger partial charge in [0, 0.05) is 5.69 Å². The lowest BCUT2D eigenvalue weighted by Gasteiger charge is -2.04. The molecule has 2 aromatic rings. The van der Waals surface area contributed by atoms with E-state index in [1.54, 1.807) is 12.1 Å². The highest BCUT2D eigenvalue weighted by atomic mass is 32.1. The number of carbonyl (C=O) groups is 1. The normalized spacial score (nSPS) is 9.58. The van der Waals surface area contributed by atoms with Crippen LogP contribution < -0.4 is 11.1 Å². The van der Waals surface area contributed by atoms with E-state index in [0.29, 0.717) is 10.6 Å². The van der Waals surface area contributed by atoms with Gasteiger partial charge < -0.3 is 11.1 Å². The number of nitrogens with one attached hydrogen (secondary N) is 1. The van der Waals surface area contributed by atoms with Gasteiger partial charge in [0.25, 0.3) is 5.91 Å². The van der Waals surface area contributed by atoms with E-state index in [1.807, 2.05) is 5.38 Å². The predicted octanol–water partition coefficient (Wildman–Crippen LogP) is 2.45. The Morgan fingerprint density at radius 2 is 2.26 bits per heavy atom. The zero-order chi connectivity index (χ0) is 13.7. The average molecular weight is 274 g/mol. The van der Waals surface area contributed by atoms with E-state index in [2.05, 4.69) is 17.2 Å². The summed E-state index contributed by atoms with van der Waals surface area (Å²) in [4.78, 5) is 12.4. The molecule has 1 aromatic carbocycles. The molecule has 3 nitrogen and oxygen atoms in total. The van der Waals surface area contributed by atoms with Crippen molar-refractivity contribution in [3.8, 4) is 11.8 Å². The lowest BCUT2D eigenvalue weighted by Crippen LogP contribution is -2.10. The van der Waals surface area contributed by atoms with Gasteiger partial charge in [-0.15, -0.1) is 11.3 Å². The Labute approximate surface area is 114 Å². The molecular formula is C14H11FN2OS. The number of nitrogens with two attached hydrogens (primary N) is 1. The zero-order valence-corrected chi connectivity index (χ0v) is 10.8. The Bertz CT molecular complexity index is 641. The number of halogens is 1. The highest BCUT2D eigenvalue weighted by Gasteiger charge is 2.08. The van der Waals surface area contributed by atoms with Crippen LogP contribution in [0.25, 0.3) is 0 Å². The Balaban J connectivity index is 2.19. The van der Waals surface area contributed by atoms with Crippen LogP contribution in [0.5, 0.6) is 0 Å². The smallest absolute Gasteiger partial charge is 0.265 e. The van der Waals surface area contributed by atoms with Crippen LogP contribution in [0.4, 0.5) is 10.1 Å². The molecule has 1 amide bonds. The van der Waals surface area contributed by atoms with Gasteiger partial charge in [0.05, 0.1) is 17.0 Å². The van der Waals surface area contributed by atoms with Gasteiger partial charge in [0.1, 0.15) is 5.82 Å². The molecule has 2 rings (SSSR count). The average Bonchev–Trinajstić information content (AvgIpc) is 2.93. The van der Waals surface area contributed by atoms with Crippen LogP contribution in [0.2, 0.25) is 0 Å². The van der Waals surface area contributed by atoms with Gasteiger partial charge in [-0.25, -0.2) is 4.39 Å². The van der Waals surface area contributed by atoms with E-state index in [0.717, 1.165) is 0 Å². The second-order valence-electron chi connectivity index (χ2n) is 3.63. The zero-order valence-electron chi connectivity index (χ0n) is 9.94. The molecule has 0 aliphatic carbocycles. The van der Waals surface area contributed by atoms with Crippen molar-refractivity contribution in [3.63, 3.8) is 0 Å². The molecule has 1 aromatic heterocycles. The number of carbonyl (C=O) groups excluding carboxylic acids is 1. The summed E-state index contributed by atoms with van der Waals surface area (Å²) in [5.41, 5.74) is 5.96. The minimum Gasteiger partial charge on any atom is -0.321 e. The summed E-state index contributed by atoms with van der Waals surface area (Å²) >= 11 is 1.34. The predicted molar refractivity (Wildman–Crippen MR) is 74.6 cm³/mol. The summed E-state index contributed by atoms with van der Waals surface area (Å²) in [7, 11) is 0. The number of rotatable bonds is 2. The molecule has 0 bridgehead atoms. The molecule has 96 valence electrons. The summed E-state index contributed by atoms with van der Waals surface area (Å²) in [6, 6.07) is 7.77. The molecule has 0 aliphatic rings. The first-order valence-corrected chi connectivity index (χ1v) is 6.42. The van der Waals surface area contributed by atoms with Crippen LogP contribution in [0, 0.1) is 17.7 Å². The molecule has 3 N–H and O–H groups in total. The van der Waals surface area contributed by atoms with Crippen LogP contribution in [0.3, 0.4) is 0 Å². The molecule has 0 spiro atoms. The van der Waals surface area contributed by atoms with E-state index in [9.17, 15) is 9.18 Å². The fraction of sp³-hybridized carbons (Fsp3) is 0.0714. The van der Waals surface area contributed by atoms with Crippen LogP contribution in [-0.4, -0.2) is 12.5 Å². The molecular weight excluding hydrogens is 263 g/mol. The van der Waals surface area contributed by atoms with Crippen molar-refractivity contribution in [1.29, 1.82) is 0 Å². The maximum Gasteiger partial charge on any atom is 0.265 e. The number of benzene rings is 1. The first-order valence-electron chi connectivity index (χ1n) is 5.54. The molecule has 0 unspecified atom stereocenters. The van der Waals surface area contributed by atoms with E-state index < -0.39 is 5.82 Å². The van der Waals surface area contributed by atoms with E-state index >= 15 is 0 Å². The largest absolute Gasteiger partial charge is 0.321 e. The number of hydrogen-bond donors (Lipinski definition) is 2. The molecule has 19 heavy (non-hydrogen) atoms. The molecule has 0 fully saturated rings. The van der Waals surface area contributed by atoms with Crippen molar-refractivity contribution in [3.05, 3.63) is 52.0 Å². The molecule has 1 heterocycles. The molecule has 0 saturated heterocycles. The minimum absolute atomic E-state index is 0.158. The summed E-state index contributed by atoms with van der Waals surface area (Å²) in [5.74, 6) is 4.54. The third-order valence-electron chi connectivity index (χ3n) is 2.29. The molecule has 0 aliphatic heterocycles. The standard InChI is InChI=1S/C14H11FN2OS/c15-12-6-5-11(9-10(12)3-1-7-16)17-14(18)13-4-2-8-19-13/h2,4-6,8-9H,7,16H2,(H,17,18). The van der Waals surface area contributed by atoms with Gasteiger partial charge in [0.2, 0.25) is 0 Å². The lowest BCUT2D eigenvalue weighted by atomic mass is 10.2. The highest BCUT2D eigenvalue weighted by molar-refractivity contribution is 7.12. The summed E-state index contributed by atoms with van der Waals surface area (Å²) < 4.78 is 13.4. The molecule has 0 atom stereocenters. The third kappa shape index (κ3) is 3.41. The number of anilines is 1. The van der Waals surface area contributed by atoms with Crippen molar-refractivity contribution >= 4 is 22.9 Å². The van der Waals surface area contributed by atoms with Crippen molar-refractivity contribution in [1.82, 2.24) is 0 Å². The van der Waals surface area contributed by atoms with Crippen molar-refractivity contribution in [2.75, 3.05) is 11.9 Å². The van der Waals surface area contributed by atoms with E-state index in [-0.39, 0.29) is 18.0 Å². The SMILES string of the molecule is NCC#Cc1cc(NC(=O)c2cccs2)ccc1F. The molecule has 5 heteroatoms. The van der Waals surface area contributed by atoms with Crippen LogP contribution in [-0.2, 0) is 0 Å². The van der Waals surface area contributed by atoms with E-state index in [4.69, 9.17) is 5.73 Å². The summed E-state index contributed by atoms with van der Waals surface area (Å²) in [5, 5.41) is 4.51. The van der Waals surface area contributed by atoms with Gasteiger partial charge in [-0.1, -0.05) is 17.9 Å². The topological polar surface area (TPSA) is 55.1 Å². The fourth-order valence-corrected chi connectivity index (χ4v) is 2.06. The summed E-state index contributed by atoms with van der Waals surface area (Å²) in [6.07, 6.45) is 0. The van der Waals surface area contributed by atoms with Crippen LogP contribution >= 0.6 is 11.3 Å². The highest BCUT2D eigenvalue weighted by Crippen LogP contribution is 2.16. The third-order valence-corrected chi connectivity index (χ3v) is 3.16. The number of amides is 1. The van der Waals surface area contributed by atoms with Crippen molar-refractivity contribution in [2.45, 2.75) is 0 Å². The van der Waals surface area contributed by atoms with Crippen LogP contribution in [0.1, 0.15) is 15.2 Å². The maximum atomic E-state index is 13.4. The number of hydrogen-bond acceptors (Lipinski definition) is 3.